The molecule has 31 heavy (non-hydrogen) atoms. The molecule has 0 spiro atoms. The number of carbonyl (C=O) groups is 1. The summed E-state index contributed by atoms with van der Waals surface area (Å²) in [6.07, 6.45) is 0. The number of carbonyl (C=O) groups excluding carboxylic acids is 1. The molecule has 5 aromatic rings. The summed E-state index contributed by atoms with van der Waals surface area (Å²) in [6.45, 7) is 2.03. The van der Waals surface area contributed by atoms with Crippen LogP contribution in [0.5, 0.6) is 0 Å². The van der Waals surface area contributed by atoms with Gasteiger partial charge >= 0.3 is 0 Å². The van der Waals surface area contributed by atoms with Crippen LogP contribution in [0.4, 0.5) is 0 Å². The van der Waals surface area contributed by atoms with E-state index >= 15 is 0 Å². The van der Waals surface area contributed by atoms with Crippen molar-refractivity contribution in [1.29, 1.82) is 0 Å². The first-order valence-corrected chi connectivity index (χ1v) is 10.3. The zero-order valence-corrected chi connectivity index (χ0v) is 17.1. The van der Waals surface area contributed by atoms with Crippen molar-refractivity contribution in [3.8, 4) is 0 Å². The molecule has 1 atom stereocenters. The first-order valence-electron chi connectivity index (χ1n) is 10.3. The number of hydrogen-bond donors (Lipinski definition) is 0. The van der Waals surface area contributed by atoms with E-state index in [1.165, 1.54) is 0 Å². The van der Waals surface area contributed by atoms with Crippen LogP contribution in [0, 0.1) is 6.92 Å². The molecule has 1 heterocycles. The maximum atomic E-state index is 14.5. The maximum Gasteiger partial charge on any atom is 0.199 e. The molecule has 0 saturated carbocycles. The van der Waals surface area contributed by atoms with E-state index in [1.807, 2.05) is 116 Å². The molecule has 0 fully saturated rings. The third kappa shape index (κ3) is 2.96. The largest absolute Gasteiger partial charge is 0.291 e. The molecule has 0 N–H and O–H groups in total. The zero-order chi connectivity index (χ0) is 21.3. The Bertz CT molecular complexity index is 1360. The number of para-hydroxylation sites is 1. The SMILES string of the molecule is Cc1ccccc1C(C(=O)c1ccccc1)(c1ccccc1)n1nnc2ccccc21. The minimum atomic E-state index is -1.20. The van der Waals surface area contributed by atoms with E-state index in [-0.39, 0.29) is 5.78 Å². The highest BCUT2D eigenvalue weighted by Crippen LogP contribution is 2.40. The molecule has 1 aromatic heterocycles. The van der Waals surface area contributed by atoms with Gasteiger partial charge in [0.1, 0.15) is 5.52 Å². The normalized spacial score (nSPS) is 13.1. The molecule has 5 rings (SSSR count). The molecule has 0 saturated heterocycles. The molecule has 1 unspecified atom stereocenters. The second-order valence-corrected chi connectivity index (χ2v) is 7.58. The third-order valence-corrected chi connectivity index (χ3v) is 5.76. The smallest absolute Gasteiger partial charge is 0.199 e. The number of Topliss-reactive ketones (excluding diaryl/α,β-unsaturated/α-hetero) is 1. The Morgan fingerprint density at radius 1 is 0.742 bits per heavy atom. The van der Waals surface area contributed by atoms with Gasteiger partial charge in [-0.05, 0) is 35.7 Å². The van der Waals surface area contributed by atoms with Crippen molar-refractivity contribution in [2.75, 3.05) is 0 Å². The van der Waals surface area contributed by atoms with Crippen LogP contribution in [0.15, 0.2) is 109 Å². The summed E-state index contributed by atoms with van der Waals surface area (Å²) in [5, 5.41) is 8.96. The molecule has 4 aromatic carbocycles. The lowest BCUT2D eigenvalue weighted by Crippen LogP contribution is -2.45. The highest BCUT2D eigenvalue weighted by molar-refractivity contribution is 6.07. The van der Waals surface area contributed by atoms with Crippen LogP contribution in [0.1, 0.15) is 27.0 Å². The molecular formula is C27H21N3O. The Balaban J connectivity index is 1.96. The van der Waals surface area contributed by atoms with Crippen LogP contribution in [-0.2, 0) is 5.54 Å². The van der Waals surface area contributed by atoms with Crippen LogP contribution in [0.25, 0.3) is 11.0 Å². The van der Waals surface area contributed by atoms with Gasteiger partial charge in [-0.2, -0.15) is 0 Å². The van der Waals surface area contributed by atoms with Crippen molar-refractivity contribution in [2.45, 2.75) is 12.5 Å². The van der Waals surface area contributed by atoms with Gasteiger partial charge in [-0.3, -0.25) is 4.79 Å². The van der Waals surface area contributed by atoms with Crippen molar-refractivity contribution >= 4 is 16.8 Å². The van der Waals surface area contributed by atoms with Gasteiger partial charge in [0.2, 0.25) is 0 Å². The summed E-state index contributed by atoms with van der Waals surface area (Å²) >= 11 is 0. The van der Waals surface area contributed by atoms with Crippen LogP contribution in [0.3, 0.4) is 0 Å². The molecule has 4 nitrogen and oxygen atoms in total. The average Bonchev–Trinajstić information content (AvgIpc) is 3.26. The van der Waals surface area contributed by atoms with Gasteiger partial charge < -0.3 is 0 Å². The summed E-state index contributed by atoms with van der Waals surface area (Å²) in [4.78, 5) is 14.5. The predicted octanol–water partition coefficient (Wildman–Crippen LogP) is 5.41. The summed E-state index contributed by atoms with van der Waals surface area (Å²) in [6, 6.07) is 35.0. The Morgan fingerprint density at radius 2 is 1.35 bits per heavy atom. The first kappa shape index (κ1) is 18.9. The molecule has 0 bridgehead atoms. The minimum Gasteiger partial charge on any atom is -0.291 e. The molecule has 0 aliphatic heterocycles. The van der Waals surface area contributed by atoms with Gasteiger partial charge in [-0.15, -0.1) is 5.10 Å². The molecular weight excluding hydrogens is 382 g/mol. The Labute approximate surface area is 180 Å². The van der Waals surface area contributed by atoms with Crippen LogP contribution in [-0.4, -0.2) is 20.8 Å². The Kier molecular flexibility index (Phi) is 4.68. The second kappa shape index (κ2) is 7.65. The van der Waals surface area contributed by atoms with Crippen LogP contribution in [0.2, 0.25) is 0 Å². The Hall–Kier alpha value is -4.05. The number of ketones is 1. The average molecular weight is 403 g/mol. The standard InChI is InChI=1S/C27H21N3O/c1-20-12-8-9-17-23(20)27(22-15-6-3-7-16-22,26(31)21-13-4-2-5-14-21)30-25-19-11-10-18-24(25)28-29-30/h2-19H,1H3. The number of fused-ring (bicyclic) bond motifs is 1. The lowest BCUT2D eigenvalue weighted by atomic mass is 9.75. The highest BCUT2D eigenvalue weighted by Gasteiger charge is 2.47. The van der Waals surface area contributed by atoms with Crippen LogP contribution >= 0.6 is 0 Å². The fourth-order valence-corrected chi connectivity index (χ4v) is 4.31. The Morgan fingerprint density at radius 3 is 2.10 bits per heavy atom. The van der Waals surface area contributed by atoms with Gasteiger partial charge in [0.05, 0.1) is 5.52 Å². The topological polar surface area (TPSA) is 47.8 Å². The number of rotatable bonds is 5. The number of aromatic nitrogens is 3. The van der Waals surface area contributed by atoms with E-state index in [0.717, 1.165) is 27.7 Å². The van der Waals surface area contributed by atoms with E-state index in [9.17, 15) is 4.79 Å². The van der Waals surface area contributed by atoms with E-state index in [4.69, 9.17) is 0 Å². The second-order valence-electron chi connectivity index (χ2n) is 7.58. The van der Waals surface area contributed by atoms with Gasteiger partial charge in [-0.1, -0.05) is 102 Å². The number of aryl methyl sites for hydroxylation is 1. The van der Waals surface area contributed by atoms with E-state index in [1.54, 1.807) is 4.68 Å². The summed E-state index contributed by atoms with van der Waals surface area (Å²) in [5.41, 5.74) is 3.70. The summed E-state index contributed by atoms with van der Waals surface area (Å²) < 4.78 is 1.79. The van der Waals surface area contributed by atoms with Crippen molar-refractivity contribution in [3.63, 3.8) is 0 Å². The van der Waals surface area contributed by atoms with Gasteiger partial charge in [0.15, 0.2) is 11.3 Å². The van der Waals surface area contributed by atoms with Crippen molar-refractivity contribution in [1.82, 2.24) is 15.0 Å². The van der Waals surface area contributed by atoms with Gasteiger partial charge in [-0.25, -0.2) is 4.68 Å². The van der Waals surface area contributed by atoms with Crippen molar-refractivity contribution < 1.29 is 4.79 Å². The molecule has 150 valence electrons. The van der Waals surface area contributed by atoms with Crippen molar-refractivity contribution in [2.24, 2.45) is 0 Å². The number of benzene rings is 4. The first-order chi connectivity index (χ1) is 15.2. The third-order valence-electron chi connectivity index (χ3n) is 5.76. The molecule has 0 amide bonds. The maximum absolute atomic E-state index is 14.5. The monoisotopic (exact) mass is 403 g/mol. The van der Waals surface area contributed by atoms with Gasteiger partial charge in [0.25, 0.3) is 0 Å². The molecule has 0 radical (unpaired) electrons. The van der Waals surface area contributed by atoms with Crippen LogP contribution < -0.4 is 0 Å². The van der Waals surface area contributed by atoms with Crippen molar-refractivity contribution in [3.05, 3.63) is 131 Å². The predicted molar refractivity (Wildman–Crippen MR) is 122 cm³/mol. The number of nitrogens with zero attached hydrogens (tertiary/aromatic N) is 3. The molecule has 0 aliphatic rings. The summed E-state index contributed by atoms with van der Waals surface area (Å²) in [7, 11) is 0. The van der Waals surface area contributed by atoms with E-state index in [0.29, 0.717) is 5.56 Å². The summed E-state index contributed by atoms with van der Waals surface area (Å²) in [5.74, 6) is -0.0516. The quantitative estimate of drug-likeness (QED) is 0.369. The zero-order valence-electron chi connectivity index (χ0n) is 17.1. The van der Waals surface area contributed by atoms with Gasteiger partial charge in [0, 0.05) is 5.56 Å². The highest BCUT2D eigenvalue weighted by atomic mass is 16.1. The number of hydrogen-bond acceptors (Lipinski definition) is 3. The van der Waals surface area contributed by atoms with E-state index in [2.05, 4.69) is 10.3 Å². The molecule has 0 aliphatic carbocycles. The lowest BCUT2D eigenvalue weighted by Gasteiger charge is -2.35. The fourth-order valence-electron chi connectivity index (χ4n) is 4.31. The fraction of sp³-hybridized carbons (Fsp3) is 0.0741. The minimum absolute atomic E-state index is 0.0516. The van der Waals surface area contributed by atoms with E-state index < -0.39 is 5.54 Å². The molecule has 4 heteroatoms. The lowest BCUT2D eigenvalue weighted by molar-refractivity contribution is 0.0879.